The van der Waals surface area contributed by atoms with Gasteiger partial charge in [0.15, 0.2) is 0 Å². The van der Waals surface area contributed by atoms with Crippen molar-refractivity contribution >= 4 is 6.03 Å². The number of halogens is 1. The van der Waals surface area contributed by atoms with Gasteiger partial charge in [-0.1, -0.05) is 12.1 Å². The Morgan fingerprint density at radius 2 is 2.17 bits per heavy atom. The Kier molecular flexibility index (Phi) is 5.20. The van der Waals surface area contributed by atoms with E-state index in [1.165, 1.54) is 18.5 Å². The van der Waals surface area contributed by atoms with Crippen molar-refractivity contribution in [3.63, 3.8) is 0 Å². The molecule has 7 heteroatoms. The van der Waals surface area contributed by atoms with Gasteiger partial charge in [0.25, 0.3) is 0 Å². The highest BCUT2D eigenvalue weighted by Gasteiger charge is 2.25. The number of nitrogens with one attached hydrogen (secondary N) is 1. The summed E-state index contributed by atoms with van der Waals surface area (Å²) in [6.45, 7) is 1.57. The van der Waals surface area contributed by atoms with Crippen molar-refractivity contribution < 1.29 is 13.9 Å². The first-order valence-corrected chi connectivity index (χ1v) is 7.90. The average Bonchev–Trinajstić information content (AvgIpc) is 2.62. The fourth-order valence-corrected chi connectivity index (χ4v) is 2.63. The van der Waals surface area contributed by atoms with Crippen LogP contribution in [0.1, 0.15) is 18.4 Å². The fourth-order valence-electron chi connectivity index (χ4n) is 2.63. The molecule has 1 N–H and O–H groups in total. The third kappa shape index (κ3) is 4.41. The second-order valence-electron chi connectivity index (χ2n) is 5.66. The molecule has 126 valence electrons. The molecular formula is C17H19FN4O2. The van der Waals surface area contributed by atoms with Crippen LogP contribution < -0.4 is 10.1 Å². The minimum atomic E-state index is -0.286. The second kappa shape index (κ2) is 7.72. The van der Waals surface area contributed by atoms with Crippen LogP contribution in [-0.2, 0) is 6.54 Å². The average molecular weight is 330 g/mol. The molecule has 0 unspecified atom stereocenters. The Labute approximate surface area is 139 Å². The lowest BCUT2D eigenvalue weighted by Crippen LogP contribution is -2.48. The molecule has 1 atom stereocenters. The van der Waals surface area contributed by atoms with Gasteiger partial charge in [-0.05, 0) is 30.5 Å². The number of urea groups is 1. The molecule has 2 aromatic rings. The molecule has 24 heavy (non-hydrogen) atoms. The molecule has 6 nitrogen and oxygen atoms in total. The molecule has 1 aromatic heterocycles. The number of carbonyl (C=O) groups is 1. The summed E-state index contributed by atoms with van der Waals surface area (Å²) >= 11 is 0. The lowest BCUT2D eigenvalue weighted by atomic mass is 10.1. The zero-order valence-electron chi connectivity index (χ0n) is 13.2. The molecule has 3 rings (SSSR count). The molecule has 1 saturated heterocycles. The minimum Gasteiger partial charge on any atom is -0.472 e. The van der Waals surface area contributed by atoms with Crippen molar-refractivity contribution in [3.05, 3.63) is 54.2 Å². The van der Waals surface area contributed by atoms with E-state index >= 15 is 0 Å². The third-order valence-corrected chi connectivity index (χ3v) is 3.86. The SMILES string of the molecule is O=C(NCc1ccc(F)cc1)N1CCC[C@@H](Oc2ccncn2)C1. The van der Waals surface area contributed by atoms with Crippen LogP contribution in [0.25, 0.3) is 0 Å². The predicted octanol–water partition coefficient (Wildman–Crippen LogP) is 2.37. The maximum Gasteiger partial charge on any atom is 0.317 e. The summed E-state index contributed by atoms with van der Waals surface area (Å²) in [4.78, 5) is 21.9. The number of ether oxygens (including phenoxy) is 1. The van der Waals surface area contributed by atoms with Gasteiger partial charge < -0.3 is 15.0 Å². The Morgan fingerprint density at radius 3 is 2.92 bits per heavy atom. The summed E-state index contributed by atoms with van der Waals surface area (Å²) in [6, 6.07) is 7.64. The van der Waals surface area contributed by atoms with Crippen molar-refractivity contribution in [1.29, 1.82) is 0 Å². The van der Waals surface area contributed by atoms with Crippen molar-refractivity contribution in [2.45, 2.75) is 25.5 Å². The van der Waals surface area contributed by atoms with Gasteiger partial charge in [0.2, 0.25) is 5.88 Å². The van der Waals surface area contributed by atoms with Crippen molar-refractivity contribution in [3.8, 4) is 5.88 Å². The highest BCUT2D eigenvalue weighted by Crippen LogP contribution is 2.16. The first-order valence-electron chi connectivity index (χ1n) is 7.90. The normalized spacial score (nSPS) is 17.4. The van der Waals surface area contributed by atoms with Gasteiger partial charge in [-0.3, -0.25) is 0 Å². The van der Waals surface area contributed by atoms with Gasteiger partial charge in [-0.15, -0.1) is 0 Å². The Hall–Kier alpha value is -2.70. The van der Waals surface area contributed by atoms with Crippen LogP contribution in [0.15, 0.2) is 42.9 Å². The van der Waals surface area contributed by atoms with Gasteiger partial charge in [-0.25, -0.2) is 19.2 Å². The quantitative estimate of drug-likeness (QED) is 0.934. The molecule has 0 saturated carbocycles. The topological polar surface area (TPSA) is 67.4 Å². The van der Waals surface area contributed by atoms with E-state index in [-0.39, 0.29) is 18.0 Å². The summed E-state index contributed by atoms with van der Waals surface area (Å²) in [6.07, 6.45) is 4.74. The van der Waals surface area contributed by atoms with Gasteiger partial charge in [0, 0.05) is 25.4 Å². The fraction of sp³-hybridized carbons (Fsp3) is 0.353. The molecule has 1 fully saturated rings. The van der Waals surface area contributed by atoms with Crippen LogP contribution >= 0.6 is 0 Å². The zero-order valence-corrected chi connectivity index (χ0v) is 13.2. The highest BCUT2D eigenvalue weighted by atomic mass is 19.1. The van der Waals surface area contributed by atoms with E-state index in [0.717, 1.165) is 18.4 Å². The first kappa shape index (κ1) is 16.2. The Bertz CT molecular complexity index is 666. The number of aromatic nitrogens is 2. The molecular weight excluding hydrogens is 311 g/mol. The molecule has 0 spiro atoms. The van der Waals surface area contributed by atoms with E-state index in [1.807, 2.05) is 0 Å². The number of rotatable bonds is 4. The highest BCUT2D eigenvalue weighted by molar-refractivity contribution is 5.74. The number of hydrogen-bond donors (Lipinski definition) is 1. The first-order chi connectivity index (χ1) is 11.7. The summed E-state index contributed by atoms with van der Waals surface area (Å²) in [5, 5.41) is 2.86. The van der Waals surface area contributed by atoms with Crippen LogP contribution in [0.5, 0.6) is 5.88 Å². The van der Waals surface area contributed by atoms with E-state index in [2.05, 4.69) is 15.3 Å². The zero-order chi connectivity index (χ0) is 16.8. The standard InChI is InChI=1S/C17H19FN4O2/c18-14-5-3-13(4-6-14)10-20-17(23)22-9-1-2-15(11-22)24-16-7-8-19-12-21-16/h3-8,12,15H,1-2,9-11H2,(H,20,23)/t15-/m1/s1. The smallest absolute Gasteiger partial charge is 0.317 e. The summed E-state index contributed by atoms with van der Waals surface area (Å²) < 4.78 is 18.7. The molecule has 0 bridgehead atoms. The van der Waals surface area contributed by atoms with Gasteiger partial charge in [0.05, 0.1) is 6.54 Å². The van der Waals surface area contributed by atoms with Gasteiger partial charge >= 0.3 is 6.03 Å². The molecule has 0 aliphatic carbocycles. The van der Waals surface area contributed by atoms with E-state index < -0.39 is 0 Å². The largest absolute Gasteiger partial charge is 0.472 e. The number of piperidine rings is 1. The number of likely N-dealkylation sites (tertiary alicyclic amines) is 1. The van der Waals surface area contributed by atoms with Crippen molar-refractivity contribution in [2.75, 3.05) is 13.1 Å². The monoisotopic (exact) mass is 330 g/mol. The second-order valence-corrected chi connectivity index (χ2v) is 5.66. The molecule has 2 amide bonds. The van der Waals surface area contributed by atoms with E-state index in [9.17, 15) is 9.18 Å². The van der Waals surface area contributed by atoms with Crippen LogP contribution in [0.2, 0.25) is 0 Å². The lowest BCUT2D eigenvalue weighted by molar-refractivity contribution is 0.0976. The molecule has 1 aliphatic heterocycles. The summed E-state index contributed by atoms with van der Waals surface area (Å²) in [5.41, 5.74) is 0.857. The lowest BCUT2D eigenvalue weighted by Gasteiger charge is -2.32. The van der Waals surface area contributed by atoms with Crippen LogP contribution in [0, 0.1) is 5.82 Å². The molecule has 2 heterocycles. The van der Waals surface area contributed by atoms with Gasteiger partial charge in [-0.2, -0.15) is 0 Å². The van der Waals surface area contributed by atoms with E-state index in [1.54, 1.807) is 29.3 Å². The van der Waals surface area contributed by atoms with Crippen LogP contribution in [-0.4, -0.2) is 40.1 Å². The number of nitrogens with zero attached hydrogens (tertiary/aromatic N) is 3. The molecule has 1 aromatic carbocycles. The molecule has 1 aliphatic rings. The predicted molar refractivity (Wildman–Crippen MR) is 85.9 cm³/mol. The van der Waals surface area contributed by atoms with Crippen molar-refractivity contribution in [1.82, 2.24) is 20.2 Å². The third-order valence-electron chi connectivity index (χ3n) is 3.86. The van der Waals surface area contributed by atoms with E-state index in [4.69, 9.17) is 4.74 Å². The minimum absolute atomic E-state index is 0.0785. The maximum atomic E-state index is 12.9. The van der Waals surface area contributed by atoms with E-state index in [0.29, 0.717) is 25.5 Å². The molecule has 0 radical (unpaired) electrons. The van der Waals surface area contributed by atoms with Crippen molar-refractivity contribution in [2.24, 2.45) is 0 Å². The number of amides is 2. The Balaban J connectivity index is 1.50. The summed E-state index contributed by atoms with van der Waals surface area (Å²) in [7, 11) is 0. The van der Waals surface area contributed by atoms with Gasteiger partial charge in [0.1, 0.15) is 18.2 Å². The number of carbonyl (C=O) groups excluding carboxylic acids is 1. The number of benzene rings is 1. The van der Waals surface area contributed by atoms with Crippen LogP contribution in [0.4, 0.5) is 9.18 Å². The van der Waals surface area contributed by atoms with Crippen LogP contribution in [0.3, 0.4) is 0 Å². The maximum absolute atomic E-state index is 12.9. The summed E-state index contributed by atoms with van der Waals surface area (Å²) in [5.74, 6) is 0.231. The Morgan fingerprint density at radius 1 is 1.33 bits per heavy atom. The number of hydrogen-bond acceptors (Lipinski definition) is 4.